The second-order valence-corrected chi connectivity index (χ2v) is 11.3. The molecule has 1 atom stereocenters. The molecule has 0 bridgehead atoms. The van der Waals surface area contributed by atoms with E-state index in [1.807, 2.05) is 25.1 Å². The van der Waals surface area contributed by atoms with Crippen LogP contribution in [0.5, 0.6) is 23.0 Å². The zero-order chi connectivity index (χ0) is 34.6. The highest BCUT2D eigenvalue weighted by Crippen LogP contribution is 2.36. The van der Waals surface area contributed by atoms with Crippen LogP contribution in [-0.2, 0) is 20.9 Å². The van der Waals surface area contributed by atoms with E-state index in [2.05, 4.69) is 49.8 Å². The maximum absolute atomic E-state index is 12.6. The lowest BCUT2D eigenvalue weighted by atomic mass is 9.95. The number of allylic oxidation sites excluding steroid dienone is 1. The third-order valence-electron chi connectivity index (χ3n) is 6.85. The molecule has 1 heterocycles. The number of carbonyl (C=O) groups is 3. The summed E-state index contributed by atoms with van der Waals surface area (Å²) in [6, 6.07) is 16.4. The van der Waals surface area contributed by atoms with Crippen molar-refractivity contribution in [1.29, 1.82) is 5.26 Å². The number of benzene rings is 3. The maximum Gasteiger partial charge on any atom is 0.338 e. The van der Waals surface area contributed by atoms with Crippen molar-refractivity contribution in [3.8, 4) is 29.1 Å². The number of nitriles is 1. The van der Waals surface area contributed by atoms with Crippen molar-refractivity contribution in [2.45, 2.75) is 33.4 Å². The van der Waals surface area contributed by atoms with Gasteiger partial charge in [-0.05, 0) is 96.5 Å². The lowest BCUT2D eigenvalue weighted by molar-refractivity contribution is -0.139. The average Bonchev–Trinajstić information content (AvgIpc) is 3.07. The van der Waals surface area contributed by atoms with Crippen molar-refractivity contribution in [3.63, 3.8) is 0 Å². The van der Waals surface area contributed by atoms with Crippen molar-refractivity contribution in [2.24, 2.45) is 5.10 Å². The Morgan fingerprint density at radius 1 is 1.02 bits per heavy atom. The summed E-state index contributed by atoms with van der Waals surface area (Å²) < 4.78 is 29.0. The summed E-state index contributed by atoms with van der Waals surface area (Å²) in [5.74, 6) is 0.574. The molecular weight excluding hydrogens is 733 g/mol. The minimum absolute atomic E-state index is 0.176. The molecular formula is C34H34IN5O8. The minimum atomic E-state index is -0.784. The standard InChI is InChI=1S/C34H34IN5O8/c1-5-45-28-14-23(13-25(35)32(28)48-18-22-9-7-21(16-36)8-10-22)17-37-40-29(41)19-47-26-12-11-24(15-27(26)44-4)31-30(33(42)46-6-2)20(3)38-34(43)39-31/h7-15,17,31H,5-6,18-19H2,1-4H3,(H,40,41)(H2,38,39,43)/b37-17+/t31-/m1/s1. The molecule has 250 valence electrons. The van der Waals surface area contributed by atoms with Crippen LogP contribution in [0.1, 0.15) is 49.1 Å². The Labute approximate surface area is 291 Å². The zero-order valence-electron chi connectivity index (χ0n) is 26.7. The summed E-state index contributed by atoms with van der Waals surface area (Å²) in [5.41, 5.74) is 5.78. The second-order valence-electron chi connectivity index (χ2n) is 10.1. The normalized spacial score (nSPS) is 14.0. The molecule has 0 fully saturated rings. The Morgan fingerprint density at radius 2 is 1.79 bits per heavy atom. The van der Waals surface area contributed by atoms with Gasteiger partial charge in [-0.25, -0.2) is 15.0 Å². The predicted molar refractivity (Wildman–Crippen MR) is 184 cm³/mol. The molecule has 3 aromatic rings. The Hall–Kier alpha value is -5.30. The van der Waals surface area contributed by atoms with Gasteiger partial charge in [0.2, 0.25) is 0 Å². The van der Waals surface area contributed by atoms with E-state index in [4.69, 9.17) is 28.9 Å². The molecule has 3 amide bonds. The van der Waals surface area contributed by atoms with Gasteiger partial charge in [-0.15, -0.1) is 0 Å². The van der Waals surface area contributed by atoms with E-state index in [0.717, 1.165) is 9.13 Å². The van der Waals surface area contributed by atoms with Gasteiger partial charge >= 0.3 is 12.0 Å². The first kappa shape index (κ1) is 35.6. The fourth-order valence-electron chi connectivity index (χ4n) is 4.66. The van der Waals surface area contributed by atoms with Crippen LogP contribution in [0.25, 0.3) is 0 Å². The number of nitrogens with one attached hydrogen (secondary N) is 3. The van der Waals surface area contributed by atoms with Crippen LogP contribution in [0.4, 0.5) is 4.79 Å². The fourth-order valence-corrected chi connectivity index (χ4v) is 5.44. The van der Waals surface area contributed by atoms with Crippen molar-refractivity contribution in [2.75, 3.05) is 26.9 Å². The van der Waals surface area contributed by atoms with Crippen molar-refractivity contribution in [1.82, 2.24) is 16.1 Å². The van der Waals surface area contributed by atoms with Crippen LogP contribution in [0.3, 0.4) is 0 Å². The van der Waals surface area contributed by atoms with E-state index in [1.54, 1.807) is 50.2 Å². The van der Waals surface area contributed by atoms with Crippen LogP contribution >= 0.6 is 22.6 Å². The van der Waals surface area contributed by atoms with E-state index in [0.29, 0.717) is 47.1 Å². The summed E-state index contributed by atoms with van der Waals surface area (Å²) in [6.45, 7) is 5.70. The van der Waals surface area contributed by atoms with Gasteiger partial charge in [0, 0.05) is 5.70 Å². The molecule has 3 aromatic carbocycles. The number of esters is 1. The number of amides is 3. The van der Waals surface area contributed by atoms with Gasteiger partial charge in [-0.3, -0.25) is 4.79 Å². The quantitative estimate of drug-likeness (QED) is 0.0897. The number of hydrogen-bond donors (Lipinski definition) is 3. The summed E-state index contributed by atoms with van der Waals surface area (Å²) >= 11 is 2.15. The van der Waals surface area contributed by atoms with E-state index in [9.17, 15) is 14.4 Å². The summed E-state index contributed by atoms with van der Waals surface area (Å²) in [6.07, 6.45) is 1.48. The third kappa shape index (κ3) is 9.16. The second kappa shape index (κ2) is 17.0. The number of hydrazone groups is 1. The zero-order valence-corrected chi connectivity index (χ0v) is 28.9. The van der Waals surface area contributed by atoms with Gasteiger partial charge < -0.3 is 34.3 Å². The monoisotopic (exact) mass is 767 g/mol. The Morgan fingerprint density at radius 3 is 2.48 bits per heavy atom. The Kier molecular flexibility index (Phi) is 12.6. The van der Waals surface area contributed by atoms with Gasteiger partial charge in [0.15, 0.2) is 29.6 Å². The summed E-state index contributed by atoms with van der Waals surface area (Å²) in [4.78, 5) is 37.4. The molecule has 1 aliphatic rings. The van der Waals surface area contributed by atoms with Crippen LogP contribution in [0, 0.1) is 14.9 Å². The Balaban J connectivity index is 1.38. The van der Waals surface area contributed by atoms with E-state index < -0.39 is 23.9 Å². The van der Waals surface area contributed by atoms with Crippen molar-refractivity contribution in [3.05, 3.63) is 91.7 Å². The number of hydrogen-bond acceptors (Lipinski definition) is 10. The highest BCUT2D eigenvalue weighted by Gasteiger charge is 2.32. The molecule has 0 aromatic heterocycles. The highest BCUT2D eigenvalue weighted by molar-refractivity contribution is 14.1. The maximum atomic E-state index is 12.6. The lowest BCUT2D eigenvalue weighted by Crippen LogP contribution is -2.45. The summed E-state index contributed by atoms with van der Waals surface area (Å²) in [5, 5.41) is 18.4. The van der Waals surface area contributed by atoms with Gasteiger partial charge in [0.1, 0.15) is 6.61 Å². The molecule has 0 aliphatic carbocycles. The SMILES string of the molecule is CCOC(=O)C1=C(C)NC(=O)N[C@@H]1c1ccc(OCC(=O)N/N=C/c2cc(I)c(OCc3ccc(C#N)cc3)c(OCC)c2)c(OC)c1. The molecule has 1 aliphatic heterocycles. The van der Waals surface area contributed by atoms with E-state index in [-0.39, 0.29) is 30.3 Å². The highest BCUT2D eigenvalue weighted by atomic mass is 127. The smallest absolute Gasteiger partial charge is 0.338 e. The first-order valence-electron chi connectivity index (χ1n) is 14.8. The number of rotatable bonds is 14. The summed E-state index contributed by atoms with van der Waals surface area (Å²) in [7, 11) is 1.44. The lowest BCUT2D eigenvalue weighted by Gasteiger charge is -2.28. The van der Waals surface area contributed by atoms with Crippen LogP contribution in [0.15, 0.2) is 71.0 Å². The van der Waals surface area contributed by atoms with Crippen LogP contribution < -0.4 is 35.0 Å². The van der Waals surface area contributed by atoms with Crippen LogP contribution in [0.2, 0.25) is 0 Å². The van der Waals surface area contributed by atoms with E-state index in [1.165, 1.54) is 13.3 Å². The fraction of sp³-hybridized carbons (Fsp3) is 0.265. The van der Waals surface area contributed by atoms with E-state index >= 15 is 0 Å². The molecule has 48 heavy (non-hydrogen) atoms. The number of urea groups is 1. The largest absolute Gasteiger partial charge is 0.493 e. The molecule has 3 N–H and O–H groups in total. The van der Waals surface area contributed by atoms with Gasteiger partial charge in [0.05, 0.1) is 53.4 Å². The molecule has 14 heteroatoms. The number of halogens is 1. The molecule has 0 saturated heterocycles. The molecule has 0 radical (unpaired) electrons. The van der Waals surface area contributed by atoms with Gasteiger partial charge in [-0.1, -0.05) is 18.2 Å². The molecule has 13 nitrogen and oxygen atoms in total. The molecule has 0 saturated carbocycles. The predicted octanol–water partition coefficient (Wildman–Crippen LogP) is 4.87. The first-order valence-corrected chi connectivity index (χ1v) is 15.9. The Bertz CT molecular complexity index is 1770. The van der Waals surface area contributed by atoms with Crippen molar-refractivity contribution < 1.29 is 38.1 Å². The molecule has 0 spiro atoms. The molecule has 4 rings (SSSR count). The topological polar surface area (TPSA) is 170 Å². The minimum Gasteiger partial charge on any atom is -0.493 e. The third-order valence-corrected chi connectivity index (χ3v) is 7.65. The number of ether oxygens (including phenoxy) is 5. The van der Waals surface area contributed by atoms with Crippen LogP contribution in [-0.4, -0.2) is 51.1 Å². The average molecular weight is 768 g/mol. The number of methoxy groups -OCH3 is 1. The first-order chi connectivity index (χ1) is 23.2. The van der Waals surface area contributed by atoms with Gasteiger partial charge in [-0.2, -0.15) is 10.4 Å². The number of nitrogens with zero attached hydrogens (tertiary/aromatic N) is 2. The number of carbonyl (C=O) groups excluding carboxylic acids is 3. The van der Waals surface area contributed by atoms with Gasteiger partial charge in [0.25, 0.3) is 5.91 Å². The molecule has 0 unspecified atom stereocenters. The van der Waals surface area contributed by atoms with Crippen molar-refractivity contribution >= 4 is 46.7 Å².